The third-order valence-corrected chi connectivity index (χ3v) is 5.40. The molecule has 2 aliphatic rings. The maximum absolute atomic E-state index is 12.1. The smallest absolute Gasteiger partial charge is 0.334 e. The number of fused-ring (bicyclic) bond motifs is 2. The number of hydrogen-bond donors (Lipinski definition) is 2. The third-order valence-electron chi connectivity index (χ3n) is 5.40. The lowest BCUT2D eigenvalue weighted by molar-refractivity contribution is -0.168. The minimum atomic E-state index is -1.05. The Bertz CT molecular complexity index is 556. The molecule has 2 N–H and O–H groups in total. The quantitative estimate of drug-likeness (QED) is 0.404. The Kier molecular flexibility index (Phi) is 6.05. The van der Waals surface area contributed by atoms with Crippen LogP contribution >= 0.6 is 0 Å². The lowest BCUT2D eigenvalue weighted by Crippen LogP contribution is -2.47. The lowest BCUT2D eigenvalue weighted by atomic mass is 9.80. The number of hydrogen-bond acceptors (Lipinski definition) is 4. The zero-order valence-corrected chi connectivity index (χ0v) is 15.0. The zero-order chi connectivity index (χ0) is 17.9. The highest BCUT2D eigenvalue weighted by molar-refractivity contribution is 5.89. The fraction of sp³-hybridized carbons (Fsp3) is 0.650. The van der Waals surface area contributed by atoms with Gasteiger partial charge in [-0.3, -0.25) is 0 Å². The van der Waals surface area contributed by atoms with Gasteiger partial charge in [0, 0.05) is 5.57 Å². The molecule has 0 spiro atoms. The highest BCUT2D eigenvalue weighted by atomic mass is 16.6. The van der Waals surface area contributed by atoms with Crippen molar-refractivity contribution in [2.24, 2.45) is 5.92 Å². The second-order valence-corrected chi connectivity index (χ2v) is 7.54. The molecule has 2 bridgehead atoms. The predicted octanol–water partition coefficient (Wildman–Crippen LogP) is 3.44. The van der Waals surface area contributed by atoms with Crippen molar-refractivity contribution < 1.29 is 19.7 Å². The van der Waals surface area contributed by atoms with Gasteiger partial charge in [0.2, 0.25) is 0 Å². The number of aliphatic hydroxyl groups is 2. The van der Waals surface area contributed by atoms with Crippen molar-refractivity contribution in [2.45, 2.75) is 77.1 Å². The molecule has 4 heteroatoms. The Morgan fingerprint density at radius 1 is 1.33 bits per heavy atom. The number of rotatable bonds is 0. The van der Waals surface area contributed by atoms with Crippen LogP contribution in [0.3, 0.4) is 0 Å². The second kappa shape index (κ2) is 7.66. The molecule has 1 fully saturated rings. The first-order chi connectivity index (χ1) is 11.2. The minimum Gasteiger partial charge on any atom is -0.456 e. The molecule has 1 saturated heterocycles. The van der Waals surface area contributed by atoms with Crippen LogP contribution in [-0.4, -0.2) is 34.0 Å². The van der Waals surface area contributed by atoms with E-state index in [0.717, 1.165) is 18.4 Å². The molecule has 1 heterocycles. The van der Waals surface area contributed by atoms with Crippen LogP contribution in [0.15, 0.2) is 35.5 Å². The number of carbonyl (C=O) groups excluding carboxylic acids is 1. The Balaban J connectivity index is 2.27. The maximum Gasteiger partial charge on any atom is 0.334 e. The average molecular weight is 334 g/mol. The molecular weight excluding hydrogens is 304 g/mol. The summed E-state index contributed by atoms with van der Waals surface area (Å²) >= 11 is 0. The van der Waals surface area contributed by atoms with Crippen molar-refractivity contribution >= 4 is 5.97 Å². The topological polar surface area (TPSA) is 66.8 Å². The Morgan fingerprint density at radius 3 is 2.75 bits per heavy atom. The largest absolute Gasteiger partial charge is 0.456 e. The lowest BCUT2D eigenvalue weighted by Gasteiger charge is -2.38. The van der Waals surface area contributed by atoms with E-state index in [1.54, 1.807) is 6.92 Å². The van der Waals surface area contributed by atoms with E-state index in [1.807, 2.05) is 19.9 Å². The van der Waals surface area contributed by atoms with Crippen molar-refractivity contribution in [3.8, 4) is 0 Å². The molecule has 1 aliphatic heterocycles. The maximum atomic E-state index is 12.1. The molecule has 0 amide bonds. The summed E-state index contributed by atoms with van der Waals surface area (Å²) in [6, 6.07) is 0. The number of aliphatic hydroxyl groups excluding tert-OH is 1. The molecule has 0 saturated carbocycles. The van der Waals surface area contributed by atoms with E-state index in [9.17, 15) is 15.0 Å². The summed E-state index contributed by atoms with van der Waals surface area (Å²) < 4.78 is 5.44. The van der Waals surface area contributed by atoms with Gasteiger partial charge in [-0.2, -0.15) is 0 Å². The molecule has 0 aromatic heterocycles. The summed E-state index contributed by atoms with van der Waals surface area (Å²) in [6.07, 6.45) is 7.12. The number of esters is 1. The van der Waals surface area contributed by atoms with Crippen molar-refractivity contribution in [2.75, 3.05) is 0 Å². The summed E-state index contributed by atoms with van der Waals surface area (Å²) in [5.41, 5.74) is 1.55. The van der Waals surface area contributed by atoms with Crippen molar-refractivity contribution in [3.05, 3.63) is 35.5 Å². The summed E-state index contributed by atoms with van der Waals surface area (Å²) in [5.74, 6) is -0.466. The first-order valence-corrected chi connectivity index (χ1v) is 8.83. The molecule has 0 radical (unpaired) electrons. The molecule has 4 nitrogen and oxygen atoms in total. The Labute approximate surface area is 144 Å². The van der Waals surface area contributed by atoms with Gasteiger partial charge in [-0.1, -0.05) is 24.3 Å². The summed E-state index contributed by atoms with van der Waals surface area (Å²) in [5, 5.41) is 21.1. The Hall–Kier alpha value is -1.39. The molecule has 24 heavy (non-hydrogen) atoms. The van der Waals surface area contributed by atoms with Crippen LogP contribution in [0.2, 0.25) is 0 Å². The van der Waals surface area contributed by atoms with E-state index in [0.29, 0.717) is 31.3 Å². The highest BCUT2D eigenvalue weighted by Gasteiger charge is 2.41. The number of carbonyl (C=O) groups is 1. The third kappa shape index (κ3) is 4.58. The first-order valence-electron chi connectivity index (χ1n) is 8.83. The molecule has 2 rings (SSSR count). The molecule has 134 valence electrons. The highest BCUT2D eigenvalue weighted by Crippen LogP contribution is 2.35. The van der Waals surface area contributed by atoms with Crippen molar-refractivity contribution in [1.82, 2.24) is 0 Å². The molecule has 0 aromatic rings. The SMILES string of the molecule is C=C1C(=O)O[C@@H]2C[C@H]1C/C=C(/C)[C@@H](O)CC/C(C)=C\CC[C@]2(C)O. The van der Waals surface area contributed by atoms with Gasteiger partial charge in [-0.25, -0.2) is 4.79 Å². The molecule has 4 atom stereocenters. The van der Waals surface area contributed by atoms with Crippen LogP contribution in [0.1, 0.15) is 59.3 Å². The van der Waals surface area contributed by atoms with Crippen molar-refractivity contribution in [1.29, 1.82) is 0 Å². The monoisotopic (exact) mass is 334 g/mol. The summed E-state index contributed by atoms with van der Waals surface area (Å²) in [7, 11) is 0. The van der Waals surface area contributed by atoms with Crippen molar-refractivity contribution in [3.63, 3.8) is 0 Å². The zero-order valence-electron chi connectivity index (χ0n) is 15.0. The fourth-order valence-electron chi connectivity index (χ4n) is 3.37. The minimum absolute atomic E-state index is 0.0508. The van der Waals surface area contributed by atoms with Gasteiger partial charge in [0.25, 0.3) is 0 Å². The van der Waals surface area contributed by atoms with Gasteiger partial charge in [0.1, 0.15) is 6.10 Å². The summed E-state index contributed by atoms with van der Waals surface area (Å²) in [6.45, 7) is 9.58. The number of allylic oxidation sites excluding steroid dienone is 3. The van der Waals surface area contributed by atoms with Crippen LogP contribution < -0.4 is 0 Å². The van der Waals surface area contributed by atoms with E-state index < -0.39 is 23.8 Å². The molecule has 0 unspecified atom stereocenters. The molecule has 0 aromatic carbocycles. The first kappa shape index (κ1) is 18.9. The normalized spacial score (nSPS) is 40.6. The summed E-state index contributed by atoms with van der Waals surface area (Å²) in [4.78, 5) is 12.1. The Morgan fingerprint density at radius 2 is 2.04 bits per heavy atom. The fourth-order valence-corrected chi connectivity index (χ4v) is 3.37. The van der Waals surface area contributed by atoms with Crippen LogP contribution in [0, 0.1) is 5.92 Å². The van der Waals surface area contributed by atoms with Gasteiger partial charge < -0.3 is 14.9 Å². The average Bonchev–Trinajstić information content (AvgIpc) is 2.52. The number of ether oxygens (including phenoxy) is 1. The van der Waals surface area contributed by atoms with Gasteiger partial charge in [0.05, 0.1) is 11.7 Å². The van der Waals surface area contributed by atoms with Crippen LogP contribution in [0.4, 0.5) is 0 Å². The van der Waals surface area contributed by atoms with E-state index in [2.05, 4.69) is 12.7 Å². The van der Waals surface area contributed by atoms with Crippen LogP contribution in [-0.2, 0) is 9.53 Å². The van der Waals surface area contributed by atoms with Crippen LogP contribution in [0.5, 0.6) is 0 Å². The van der Waals surface area contributed by atoms with Gasteiger partial charge in [-0.15, -0.1) is 0 Å². The van der Waals surface area contributed by atoms with Gasteiger partial charge >= 0.3 is 5.97 Å². The van der Waals surface area contributed by atoms with Gasteiger partial charge in [0.15, 0.2) is 0 Å². The predicted molar refractivity (Wildman–Crippen MR) is 94.4 cm³/mol. The van der Waals surface area contributed by atoms with Gasteiger partial charge in [-0.05, 0) is 70.8 Å². The van der Waals surface area contributed by atoms with E-state index in [-0.39, 0.29) is 5.92 Å². The molecule has 1 aliphatic carbocycles. The standard InChI is InChI=1S/C20H30O4/c1-13-6-5-11-20(4,23)18-12-16(15(3)19(22)24-18)9-8-14(2)17(21)10-7-13/h6,8,16-18,21,23H,3,5,7,9-12H2,1-2,4H3/b13-6-,14-8-/t16-,17+,18-,20+/m1/s1. The van der Waals surface area contributed by atoms with E-state index >= 15 is 0 Å². The van der Waals surface area contributed by atoms with Crippen LogP contribution in [0.25, 0.3) is 0 Å². The van der Waals surface area contributed by atoms with E-state index in [1.165, 1.54) is 5.57 Å². The second-order valence-electron chi connectivity index (χ2n) is 7.54. The molecular formula is C20H30O4. The van der Waals surface area contributed by atoms with E-state index in [4.69, 9.17) is 4.74 Å².